The highest BCUT2D eigenvalue weighted by Gasteiger charge is 2.14. The lowest BCUT2D eigenvalue weighted by Gasteiger charge is -2.09. The molecule has 10 heteroatoms. The van der Waals surface area contributed by atoms with E-state index in [1.165, 1.54) is 22.5 Å². The summed E-state index contributed by atoms with van der Waals surface area (Å²) in [5, 5.41) is 26.5. The van der Waals surface area contributed by atoms with Crippen molar-refractivity contribution in [3.05, 3.63) is 80.1 Å². The van der Waals surface area contributed by atoms with Crippen LogP contribution in [0.4, 0.5) is 5.69 Å². The van der Waals surface area contributed by atoms with Gasteiger partial charge in [-0.05, 0) is 41.8 Å². The third-order valence-corrected chi connectivity index (χ3v) is 5.16. The van der Waals surface area contributed by atoms with Crippen LogP contribution in [-0.2, 0) is 6.54 Å². The van der Waals surface area contributed by atoms with Crippen LogP contribution in [0.3, 0.4) is 0 Å². The van der Waals surface area contributed by atoms with Crippen molar-refractivity contribution < 1.29 is 4.92 Å². The van der Waals surface area contributed by atoms with Gasteiger partial charge in [0.25, 0.3) is 5.69 Å². The summed E-state index contributed by atoms with van der Waals surface area (Å²) in [4.78, 5) is 11.8. The molecule has 0 saturated heterocycles. The molecule has 4 aromatic rings. The predicted molar refractivity (Wildman–Crippen MR) is 109 cm³/mol. The Hall–Kier alpha value is -3.66. The number of rotatable bonds is 5. The average molecular weight is 407 g/mol. The first-order valence-electron chi connectivity index (χ1n) is 8.82. The molecule has 0 unspecified atom stereocenters. The van der Waals surface area contributed by atoms with Crippen molar-refractivity contribution in [2.24, 2.45) is 0 Å². The summed E-state index contributed by atoms with van der Waals surface area (Å²) < 4.78 is 2.39. The number of nitro benzene ring substituents is 1. The fourth-order valence-corrected chi connectivity index (χ4v) is 3.29. The Morgan fingerprint density at radius 1 is 1.17 bits per heavy atom. The second kappa shape index (κ2) is 7.40. The van der Waals surface area contributed by atoms with Crippen LogP contribution in [0, 0.1) is 28.6 Å². The molecule has 0 fully saturated rings. The standard InChI is InChI=1S/C19H17N7O2S/c1-12-4-3-5-17(13(12)2)25-19(29)16(10-20-25)18-21-23-24(22-18)11-14-6-8-15(9-7-14)26(27)28/h3-10,20H,11H2,1-2H3. The van der Waals surface area contributed by atoms with E-state index in [0.717, 1.165) is 16.8 Å². The van der Waals surface area contributed by atoms with Gasteiger partial charge in [0.05, 0.1) is 22.7 Å². The molecular weight excluding hydrogens is 390 g/mol. The van der Waals surface area contributed by atoms with E-state index in [9.17, 15) is 10.1 Å². The third kappa shape index (κ3) is 3.57. The molecule has 1 N–H and O–H groups in total. The number of H-pyrrole nitrogens is 1. The van der Waals surface area contributed by atoms with Crippen molar-refractivity contribution in [1.82, 2.24) is 30.0 Å². The van der Waals surface area contributed by atoms with Gasteiger partial charge < -0.3 is 0 Å². The fourth-order valence-electron chi connectivity index (χ4n) is 2.99. The molecule has 2 aromatic heterocycles. The molecule has 2 heterocycles. The Balaban J connectivity index is 1.60. The molecule has 29 heavy (non-hydrogen) atoms. The van der Waals surface area contributed by atoms with Gasteiger partial charge in [0.1, 0.15) is 4.64 Å². The van der Waals surface area contributed by atoms with Crippen LogP contribution in [0.2, 0.25) is 0 Å². The number of tetrazole rings is 1. The van der Waals surface area contributed by atoms with E-state index in [1.54, 1.807) is 18.3 Å². The van der Waals surface area contributed by atoms with Gasteiger partial charge in [0.15, 0.2) is 0 Å². The van der Waals surface area contributed by atoms with Crippen LogP contribution in [-0.4, -0.2) is 34.9 Å². The maximum Gasteiger partial charge on any atom is 0.269 e. The lowest BCUT2D eigenvalue weighted by atomic mass is 10.1. The lowest BCUT2D eigenvalue weighted by Crippen LogP contribution is -2.04. The summed E-state index contributed by atoms with van der Waals surface area (Å²) in [5.41, 5.74) is 4.83. The van der Waals surface area contributed by atoms with Crippen LogP contribution in [0.1, 0.15) is 16.7 Å². The van der Waals surface area contributed by atoms with Crippen molar-refractivity contribution in [3.63, 3.8) is 0 Å². The number of nitrogens with zero attached hydrogens (tertiary/aromatic N) is 6. The van der Waals surface area contributed by atoms with E-state index in [-0.39, 0.29) is 5.69 Å². The third-order valence-electron chi connectivity index (χ3n) is 4.75. The number of benzene rings is 2. The highest BCUT2D eigenvalue weighted by molar-refractivity contribution is 7.71. The van der Waals surface area contributed by atoms with Crippen LogP contribution in [0.25, 0.3) is 17.1 Å². The number of hydrogen-bond donors (Lipinski definition) is 1. The van der Waals surface area contributed by atoms with Crippen LogP contribution >= 0.6 is 12.2 Å². The smallest absolute Gasteiger partial charge is 0.269 e. The van der Waals surface area contributed by atoms with Gasteiger partial charge in [0.2, 0.25) is 5.82 Å². The minimum atomic E-state index is -0.433. The van der Waals surface area contributed by atoms with Gasteiger partial charge in [0, 0.05) is 18.3 Å². The number of aryl methyl sites for hydroxylation is 1. The molecule has 0 atom stereocenters. The Bertz CT molecular complexity index is 1250. The van der Waals surface area contributed by atoms with Gasteiger partial charge in [-0.1, -0.05) is 36.5 Å². The summed E-state index contributed by atoms with van der Waals surface area (Å²) in [6.07, 6.45) is 1.76. The number of aromatic amines is 1. The zero-order valence-corrected chi connectivity index (χ0v) is 16.6. The molecule has 0 bridgehead atoms. The van der Waals surface area contributed by atoms with Gasteiger partial charge in [-0.15, -0.1) is 10.2 Å². The van der Waals surface area contributed by atoms with Crippen molar-refractivity contribution in [3.8, 4) is 17.1 Å². The highest BCUT2D eigenvalue weighted by Crippen LogP contribution is 2.22. The fraction of sp³-hybridized carbons (Fsp3) is 0.158. The molecule has 146 valence electrons. The second-order valence-electron chi connectivity index (χ2n) is 6.61. The Morgan fingerprint density at radius 2 is 1.93 bits per heavy atom. The zero-order valence-electron chi connectivity index (χ0n) is 15.7. The van der Waals surface area contributed by atoms with E-state index in [4.69, 9.17) is 12.2 Å². The maximum atomic E-state index is 10.8. The molecule has 0 aliphatic carbocycles. The summed E-state index contributed by atoms with van der Waals surface area (Å²) in [5.74, 6) is 0.414. The molecule has 0 aliphatic rings. The topological polar surface area (TPSA) is 107 Å². The van der Waals surface area contributed by atoms with E-state index < -0.39 is 4.92 Å². The number of nitrogens with one attached hydrogen (secondary N) is 1. The molecule has 4 rings (SSSR count). The first kappa shape index (κ1) is 18.7. The van der Waals surface area contributed by atoms with E-state index in [2.05, 4.69) is 33.5 Å². The average Bonchev–Trinajstić information content (AvgIpc) is 3.31. The SMILES string of the molecule is Cc1cccc(-n2[nH]cc(-c3nnn(Cc4ccc([N+](=O)[O-])cc4)n3)c2=S)c1C. The van der Waals surface area contributed by atoms with Crippen molar-refractivity contribution in [1.29, 1.82) is 0 Å². The monoisotopic (exact) mass is 407 g/mol. The molecule has 9 nitrogen and oxygen atoms in total. The number of aromatic nitrogens is 6. The Kier molecular flexibility index (Phi) is 4.77. The molecule has 0 spiro atoms. The quantitative estimate of drug-likeness (QED) is 0.307. The van der Waals surface area contributed by atoms with E-state index in [1.807, 2.05) is 23.7 Å². The van der Waals surface area contributed by atoms with E-state index in [0.29, 0.717) is 22.6 Å². The lowest BCUT2D eigenvalue weighted by molar-refractivity contribution is -0.384. The number of nitro groups is 1. The van der Waals surface area contributed by atoms with E-state index >= 15 is 0 Å². The summed E-state index contributed by atoms with van der Waals surface area (Å²) in [7, 11) is 0. The summed E-state index contributed by atoms with van der Waals surface area (Å²) in [6, 6.07) is 12.3. The maximum absolute atomic E-state index is 10.8. The molecular formula is C19H17N7O2S. The molecule has 0 saturated carbocycles. The molecule has 0 amide bonds. The van der Waals surface area contributed by atoms with Gasteiger partial charge in [-0.25, -0.2) is 4.68 Å². The van der Waals surface area contributed by atoms with Crippen molar-refractivity contribution in [2.75, 3.05) is 0 Å². The van der Waals surface area contributed by atoms with Gasteiger partial charge >= 0.3 is 0 Å². The number of non-ortho nitro benzene ring substituents is 1. The minimum Gasteiger partial charge on any atom is -0.299 e. The van der Waals surface area contributed by atoms with Crippen molar-refractivity contribution in [2.45, 2.75) is 20.4 Å². The minimum absolute atomic E-state index is 0.0417. The Labute approximate surface area is 170 Å². The van der Waals surface area contributed by atoms with Crippen molar-refractivity contribution >= 4 is 17.9 Å². The molecule has 0 radical (unpaired) electrons. The number of hydrogen-bond acceptors (Lipinski definition) is 6. The van der Waals surface area contributed by atoms with Gasteiger partial charge in [-0.2, -0.15) is 4.80 Å². The summed E-state index contributed by atoms with van der Waals surface area (Å²) >= 11 is 5.62. The van der Waals surface area contributed by atoms with Gasteiger partial charge in [-0.3, -0.25) is 15.2 Å². The normalized spacial score (nSPS) is 11.0. The largest absolute Gasteiger partial charge is 0.299 e. The highest BCUT2D eigenvalue weighted by atomic mass is 32.1. The van der Waals surface area contributed by atoms with Crippen LogP contribution < -0.4 is 0 Å². The molecule has 0 aliphatic heterocycles. The predicted octanol–water partition coefficient (Wildman–Crippen LogP) is 3.76. The molecule has 2 aromatic carbocycles. The summed E-state index contributed by atoms with van der Waals surface area (Å²) in [6.45, 7) is 4.45. The second-order valence-corrected chi connectivity index (χ2v) is 7.00. The Morgan fingerprint density at radius 3 is 2.66 bits per heavy atom. The zero-order chi connectivity index (χ0) is 20.5. The van der Waals surface area contributed by atoms with Crippen LogP contribution in [0.5, 0.6) is 0 Å². The first-order chi connectivity index (χ1) is 13.9. The van der Waals surface area contributed by atoms with Crippen LogP contribution in [0.15, 0.2) is 48.7 Å². The first-order valence-corrected chi connectivity index (χ1v) is 9.23.